The van der Waals surface area contributed by atoms with Crippen LogP contribution >= 0.6 is 0 Å². The Labute approximate surface area is 122 Å². The van der Waals surface area contributed by atoms with Crippen molar-refractivity contribution in [3.05, 3.63) is 72.8 Å². The number of aldehydes is 1. The molecule has 4 heteroatoms. The topological polar surface area (TPSA) is 52.1 Å². The van der Waals surface area contributed by atoms with Gasteiger partial charge in [-0.1, -0.05) is 24.3 Å². The normalized spacial score (nSPS) is 10.1. The first kappa shape index (κ1) is 13.0. The van der Waals surface area contributed by atoms with Crippen LogP contribution in [0.15, 0.2) is 67.3 Å². The highest BCUT2D eigenvalue weighted by Gasteiger charge is 2.02. The molecule has 3 rings (SSSR count). The number of nitrogens with zero attached hydrogens (tertiary/aromatic N) is 2. The number of aromatic nitrogens is 2. The number of ether oxygens (including phenoxy) is 1. The van der Waals surface area contributed by atoms with Gasteiger partial charge in [-0.3, -0.25) is 14.8 Å². The third-order valence-electron chi connectivity index (χ3n) is 2.96. The van der Waals surface area contributed by atoms with Crippen LogP contribution in [0.3, 0.4) is 0 Å². The van der Waals surface area contributed by atoms with Gasteiger partial charge in [0, 0.05) is 23.5 Å². The molecule has 102 valence electrons. The highest BCUT2D eigenvalue weighted by atomic mass is 16.5. The largest absolute Gasteiger partial charge is 0.454 e. The standard InChI is InChI=1S/C17H12N2O2/c20-12-13-3-5-14(6-4-13)15-8-17(11-19-9-15)21-16-2-1-7-18-10-16/h1-12H. The van der Waals surface area contributed by atoms with E-state index in [1.165, 1.54) is 0 Å². The zero-order chi connectivity index (χ0) is 14.5. The summed E-state index contributed by atoms with van der Waals surface area (Å²) < 4.78 is 5.70. The van der Waals surface area contributed by atoms with Crippen LogP contribution in [-0.4, -0.2) is 16.3 Å². The molecule has 0 atom stereocenters. The number of carbonyl (C=O) groups excluding carboxylic acids is 1. The zero-order valence-electron chi connectivity index (χ0n) is 11.1. The molecule has 2 aromatic heterocycles. The molecule has 0 N–H and O–H groups in total. The van der Waals surface area contributed by atoms with Gasteiger partial charge in [0.2, 0.25) is 0 Å². The molecule has 0 amide bonds. The monoisotopic (exact) mass is 276 g/mol. The summed E-state index contributed by atoms with van der Waals surface area (Å²) in [4.78, 5) is 18.9. The van der Waals surface area contributed by atoms with E-state index in [1.54, 1.807) is 36.9 Å². The van der Waals surface area contributed by atoms with Gasteiger partial charge < -0.3 is 4.74 Å². The van der Waals surface area contributed by atoms with Gasteiger partial charge in [0.15, 0.2) is 0 Å². The van der Waals surface area contributed by atoms with Gasteiger partial charge in [-0.05, 0) is 23.8 Å². The lowest BCUT2D eigenvalue weighted by Crippen LogP contribution is -1.88. The molecule has 0 aliphatic rings. The minimum atomic E-state index is 0.639. The molecular weight excluding hydrogens is 264 g/mol. The molecule has 21 heavy (non-hydrogen) atoms. The molecule has 0 saturated heterocycles. The van der Waals surface area contributed by atoms with E-state index >= 15 is 0 Å². The summed E-state index contributed by atoms with van der Waals surface area (Å²) in [5, 5.41) is 0. The van der Waals surface area contributed by atoms with Gasteiger partial charge in [-0.15, -0.1) is 0 Å². The maximum Gasteiger partial charge on any atom is 0.150 e. The predicted molar refractivity (Wildman–Crippen MR) is 79.4 cm³/mol. The Kier molecular flexibility index (Phi) is 3.69. The molecule has 3 aromatic rings. The zero-order valence-corrected chi connectivity index (χ0v) is 11.1. The summed E-state index contributed by atoms with van der Waals surface area (Å²) in [6.07, 6.45) is 7.56. The lowest BCUT2D eigenvalue weighted by Gasteiger charge is -2.07. The molecule has 0 unspecified atom stereocenters. The summed E-state index contributed by atoms with van der Waals surface area (Å²) in [5.41, 5.74) is 2.55. The van der Waals surface area contributed by atoms with Gasteiger partial charge in [0.1, 0.15) is 17.8 Å². The molecule has 0 aliphatic carbocycles. The fourth-order valence-corrected chi connectivity index (χ4v) is 1.93. The van der Waals surface area contributed by atoms with Crippen molar-refractivity contribution >= 4 is 6.29 Å². The van der Waals surface area contributed by atoms with Crippen molar-refractivity contribution in [1.29, 1.82) is 0 Å². The minimum absolute atomic E-state index is 0.639. The summed E-state index contributed by atoms with van der Waals surface area (Å²) in [6.45, 7) is 0. The van der Waals surface area contributed by atoms with Crippen molar-refractivity contribution < 1.29 is 9.53 Å². The van der Waals surface area contributed by atoms with Crippen molar-refractivity contribution in [2.24, 2.45) is 0 Å². The highest BCUT2D eigenvalue weighted by Crippen LogP contribution is 2.25. The van der Waals surface area contributed by atoms with Gasteiger partial charge in [0.25, 0.3) is 0 Å². The van der Waals surface area contributed by atoms with Gasteiger partial charge in [0.05, 0.1) is 12.4 Å². The Morgan fingerprint density at radius 1 is 0.857 bits per heavy atom. The van der Waals surface area contributed by atoms with E-state index in [9.17, 15) is 4.79 Å². The fourth-order valence-electron chi connectivity index (χ4n) is 1.93. The van der Waals surface area contributed by atoms with Crippen LogP contribution in [0.4, 0.5) is 0 Å². The summed E-state index contributed by atoms with van der Waals surface area (Å²) in [7, 11) is 0. The summed E-state index contributed by atoms with van der Waals surface area (Å²) >= 11 is 0. The number of hydrogen-bond acceptors (Lipinski definition) is 4. The Morgan fingerprint density at radius 2 is 1.67 bits per heavy atom. The fraction of sp³-hybridized carbons (Fsp3) is 0. The Hall–Kier alpha value is -3.01. The van der Waals surface area contributed by atoms with Gasteiger partial charge >= 0.3 is 0 Å². The predicted octanol–water partition coefficient (Wildman–Crippen LogP) is 3.75. The van der Waals surface area contributed by atoms with Crippen molar-refractivity contribution in [3.8, 4) is 22.6 Å². The maximum absolute atomic E-state index is 10.7. The third kappa shape index (κ3) is 3.12. The molecule has 1 aromatic carbocycles. The minimum Gasteiger partial charge on any atom is -0.454 e. The van der Waals surface area contributed by atoms with Crippen LogP contribution in [-0.2, 0) is 0 Å². The molecule has 2 heterocycles. The van der Waals surface area contributed by atoms with E-state index in [1.807, 2.05) is 30.3 Å². The van der Waals surface area contributed by atoms with E-state index < -0.39 is 0 Å². The Morgan fingerprint density at radius 3 is 2.38 bits per heavy atom. The Balaban J connectivity index is 1.87. The first-order valence-corrected chi connectivity index (χ1v) is 6.44. The number of hydrogen-bond donors (Lipinski definition) is 0. The molecule has 0 radical (unpaired) electrons. The number of rotatable bonds is 4. The lowest BCUT2D eigenvalue weighted by molar-refractivity contribution is 0.112. The van der Waals surface area contributed by atoms with Crippen molar-refractivity contribution in [2.45, 2.75) is 0 Å². The number of carbonyl (C=O) groups is 1. The molecule has 4 nitrogen and oxygen atoms in total. The van der Waals surface area contributed by atoms with Crippen LogP contribution in [0.2, 0.25) is 0 Å². The van der Waals surface area contributed by atoms with Crippen LogP contribution in [0, 0.1) is 0 Å². The number of benzene rings is 1. The first-order chi connectivity index (χ1) is 10.3. The highest BCUT2D eigenvalue weighted by molar-refractivity contribution is 5.76. The molecule has 0 aliphatic heterocycles. The van der Waals surface area contributed by atoms with Crippen molar-refractivity contribution in [1.82, 2.24) is 9.97 Å². The lowest BCUT2D eigenvalue weighted by atomic mass is 10.1. The molecule has 0 spiro atoms. The van der Waals surface area contributed by atoms with Gasteiger partial charge in [-0.2, -0.15) is 0 Å². The SMILES string of the molecule is O=Cc1ccc(-c2cncc(Oc3cccnc3)c2)cc1. The van der Waals surface area contributed by atoms with Crippen LogP contribution in [0.5, 0.6) is 11.5 Å². The van der Waals surface area contributed by atoms with E-state index in [2.05, 4.69) is 9.97 Å². The third-order valence-corrected chi connectivity index (χ3v) is 2.96. The summed E-state index contributed by atoms with van der Waals surface area (Å²) in [5.74, 6) is 1.30. The average Bonchev–Trinajstić information content (AvgIpc) is 2.56. The second kappa shape index (κ2) is 5.96. The van der Waals surface area contributed by atoms with Gasteiger partial charge in [-0.25, -0.2) is 0 Å². The first-order valence-electron chi connectivity index (χ1n) is 6.44. The van der Waals surface area contributed by atoms with Crippen LogP contribution in [0.1, 0.15) is 10.4 Å². The van der Waals surface area contributed by atoms with Crippen LogP contribution < -0.4 is 4.74 Å². The van der Waals surface area contributed by atoms with E-state index in [4.69, 9.17) is 4.74 Å². The molecule has 0 saturated carbocycles. The summed E-state index contributed by atoms with van der Waals surface area (Å²) in [6, 6.07) is 12.9. The second-order valence-corrected chi connectivity index (χ2v) is 4.44. The molecule has 0 fully saturated rings. The van der Waals surface area contributed by atoms with Crippen molar-refractivity contribution in [2.75, 3.05) is 0 Å². The Bertz CT molecular complexity index is 740. The molecular formula is C17H12N2O2. The quantitative estimate of drug-likeness (QED) is 0.681. The smallest absolute Gasteiger partial charge is 0.150 e. The van der Waals surface area contributed by atoms with E-state index in [0.29, 0.717) is 17.1 Å². The van der Waals surface area contributed by atoms with Crippen molar-refractivity contribution in [3.63, 3.8) is 0 Å². The van der Waals surface area contributed by atoms with E-state index in [-0.39, 0.29) is 0 Å². The van der Waals surface area contributed by atoms with E-state index in [0.717, 1.165) is 17.4 Å². The number of pyridine rings is 2. The van der Waals surface area contributed by atoms with Crippen LogP contribution in [0.25, 0.3) is 11.1 Å². The average molecular weight is 276 g/mol. The molecule has 0 bridgehead atoms. The maximum atomic E-state index is 10.7. The second-order valence-electron chi connectivity index (χ2n) is 4.44.